The number of piperazine rings is 1. The first kappa shape index (κ1) is 14.5. The highest BCUT2D eigenvalue weighted by atomic mass is 19.1. The number of hydrogen-bond donors (Lipinski definition) is 0. The molecule has 0 N–H and O–H groups in total. The molecular weight excluding hydrogens is 259 g/mol. The molecule has 0 aromatic heterocycles. The molecule has 0 aliphatic carbocycles. The molecule has 1 fully saturated rings. The fourth-order valence-electron chi connectivity index (χ4n) is 2.33. The summed E-state index contributed by atoms with van der Waals surface area (Å²) in [6.07, 6.45) is 0. The van der Waals surface area contributed by atoms with Gasteiger partial charge in [0, 0.05) is 24.2 Å². The number of nitrogens with zero attached hydrogens (tertiary/aromatic N) is 2. The molecule has 20 heavy (non-hydrogen) atoms. The molecule has 1 aromatic rings. The highest BCUT2D eigenvalue weighted by Crippen LogP contribution is 2.18. The van der Waals surface area contributed by atoms with Gasteiger partial charge in [-0.25, -0.2) is 4.39 Å². The molecule has 0 spiro atoms. The van der Waals surface area contributed by atoms with Crippen LogP contribution in [-0.2, 0) is 4.79 Å². The molecule has 108 valence electrons. The Morgan fingerprint density at radius 2 is 1.75 bits per heavy atom. The first-order valence-corrected chi connectivity index (χ1v) is 6.64. The van der Waals surface area contributed by atoms with Crippen LogP contribution in [0.5, 0.6) is 0 Å². The topological polar surface area (TPSA) is 40.6 Å². The first-order chi connectivity index (χ1) is 9.29. The van der Waals surface area contributed by atoms with Crippen molar-refractivity contribution in [2.45, 2.75) is 26.3 Å². The van der Waals surface area contributed by atoms with Crippen molar-refractivity contribution in [3.05, 3.63) is 35.6 Å². The van der Waals surface area contributed by atoms with E-state index in [9.17, 15) is 14.0 Å². The van der Waals surface area contributed by atoms with Gasteiger partial charge in [-0.3, -0.25) is 9.59 Å². The summed E-state index contributed by atoms with van der Waals surface area (Å²) in [5.74, 6) is -0.665. The average molecular weight is 278 g/mol. The van der Waals surface area contributed by atoms with Gasteiger partial charge in [0.15, 0.2) is 0 Å². The summed E-state index contributed by atoms with van der Waals surface area (Å²) in [4.78, 5) is 27.6. The number of carbonyl (C=O) groups excluding carboxylic acids is 2. The van der Waals surface area contributed by atoms with Gasteiger partial charge < -0.3 is 9.80 Å². The van der Waals surface area contributed by atoms with Crippen molar-refractivity contribution in [2.24, 2.45) is 0 Å². The molecule has 0 atom stereocenters. The van der Waals surface area contributed by atoms with Crippen LogP contribution in [0.1, 0.15) is 31.1 Å². The van der Waals surface area contributed by atoms with Crippen molar-refractivity contribution in [1.82, 2.24) is 9.80 Å². The van der Waals surface area contributed by atoms with E-state index in [4.69, 9.17) is 0 Å². The maximum atomic E-state index is 12.9. The van der Waals surface area contributed by atoms with Crippen LogP contribution in [0.2, 0.25) is 0 Å². The summed E-state index contributed by atoms with van der Waals surface area (Å²) in [6.45, 7) is 7.02. The number of amides is 2. The molecule has 1 aromatic carbocycles. The molecule has 2 amide bonds. The summed E-state index contributed by atoms with van der Waals surface area (Å²) in [6, 6.07) is 5.39. The maximum absolute atomic E-state index is 12.9. The second-order valence-electron chi connectivity index (χ2n) is 5.95. The number of rotatable bonds is 1. The second-order valence-corrected chi connectivity index (χ2v) is 5.95. The zero-order valence-electron chi connectivity index (χ0n) is 12.0. The fraction of sp³-hybridized carbons (Fsp3) is 0.467. The van der Waals surface area contributed by atoms with E-state index >= 15 is 0 Å². The van der Waals surface area contributed by atoms with E-state index < -0.39 is 0 Å². The Labute approximate surface area is 118 Å². The van der Waals surface area contributed by atoms with Crippen LogP contribution in [0.15, 0.2) is 24.3 Å². The lowest BCUT2D eigenvalue weighted by Gasteiger charge is -2.42. The molecule has 0 unspecified atom stereocenters. The Kier molecular flexibility index (Phi) is 3.79. The summed E-state index contributed by atoms with van der Waals surface area (Å²) in [5.41, 5.74) is 0.172. The Morgan fingerprint density at radius 3 is 2.25 bits per heavy atom. The minimum Gasteiger partial charge on any atom is -0.335 e. The van der Waals surface area contributed by atoms with Crippen molar-refractivity contribution < 1.29 is 14.0 Å². The van der Waals surface area contributed by atoms with Crippen molar-refractivity contribution in [2.75, 3.05) is 19.6 Å². The SMILES string of the molecule is CC(C)(C)N1CCN(C(=O)c2ccc(F)cc2)CC1=O. The molecule has 1 aliphatic heterocycles. The van der Waals surface area contributed by atoms with Crippen LogP contribution in [0.4, 0.5) is 4.39 Å². The molecule has 4 nitrogen and oxygen atoms in total. The van der Waals surface area contributed by atoms with Crippen LogP contribution in [0, 0.1) is 5.82 Å². The van der Waals surface area contributed by atoms with Crippen molar-refractivity contribution >= 4 is 11.8 Å². The van der Waals surface area contributed by atoms with E-state index in [0.29, 0.717) is 18.7 Å². The quantitative estimate of drug-likeness (QED) is 0.787. The van der Waals surface area contributed by atoms with Gasteiger partial charge >= 0.3 is 0 Å². The average Bonchev–Trinajstić information content (AvgIpc) is 2.37. The lowest BCUT2D eigenvalue weighted by atomic mass is 10.0. The fourth-order valence-corrected chi connectivity index (χ4v) is 2.33. The van der Waals surface area contributed by atoms with E-state index in [1.165, 1.54) is 29.2 Å². The third kappa shape index (κ3) is 2.98. The third-order valence-electron chi connectivity index (χ3n) is 3.41. The summed E-state index contributed by atoms with van der Waals surface area (Å²) >= 11 is 0. The van der Waals surface area contributed by atoms with Crippen LogP contribution >= 0.6 is 0 Å². The molecule has 5 heteroatoms. The minimum absolute atomic E-state index is 0.0563. The zero-order valence-corrected chi connectivity index (χ0v) is 12.0. The molecule has 1 heterocycles. The van der Waals surface area contributed by atoms with E-state index in [1.54, 1.807) is 4.90 Å². The Balaban J connectivity index is 2.08. The monoisotopic (exact) mass is 278 g/mol. The van der Waals surface area contributed by atoms with Gasteiger partial charge in [-0.05, 0) is 45.0 Å². The van der Waals surface area contributed by atoms with Crippen LogP contribution in [-0.4, -0.2) is 46.8 Å². The van der Waals surface area contributed by atoms with Gasteiger partial charge in [0.2, 0.25) is 5.91 Å². The van der Waals surface area contributed by atoms with E-state index in [0.717, 1.165) is 0 Å². The van der Waals surface area contributed by atoms with Gasteiger partial charge in [0.05, 0.1) is 0 Å². The number of carbonyl (C=O) groups is 2. The lowest BCUT2D eigenvalue weighted by molar-refractivity contribution is -0.140. The van der Waals surface area contributed by atoms with Gasteiger partial charge in [-0.15, -0.1) is 0 Å². The molecule has 2 rings (SSSR count). The molecule has 0 bridgehead atoms. The second kappa shape index (κ2) is 5.23. The summed E-state index contributed by atoms with van der Waals surface area (Å²) in [7, 11) is 0. The Hall–Kier alpha value is -1.91. The van der Waals surface area contributed by atoms with Crippen LogP contribution in [0.3, 0.4) is 0 Å². The molecule has 0 saturated carbocycles. The Bertz CT molecular complexity index is 520. The summed E-state index contributed by atoms with van der Waals surface area (Å²) < 4.78 is 12.9. The standard InChI is InChI=1S/C15H19FN2O2/c1-15(2,3)18-9-8-17(10-13(18)19)14(20)11-4-6-12(16)7-5-11/h4-7H,8-10H2,1-3H3. The minimum atomic E-state index is -0.379. The predicted molar refractivity (Wildman–Crippen MR) is 73.8 cm³/mol. The highest BCUT2D eigenvalue weighted by molar-refractivity contribution is 5.97. The van der Waals surface area contributed by atoms with E-state index in [2.05, 4.69) is 0 Å². The lowest BCUT2D eigenvalue weighted by Crippen LogP contribution is -2.58. The van der Waals surface area contributed by atoms with E-state index in [1.807, 2.05) is 20.8 Å². The normalized spacial score (nSPS) is 16.5. The smallest absolute Gasteiger partial charge is 0.254 e. The Morgan fingerprint density at radius 1 is 1.15 bits per heavy atom. The van der Waals surface area contributed by atoms with Crippen LogP contribution in [0.25, 0.3) is 0 Å². The van der Waals surface area contributed by atoms with E-state index in [-0.39, 0.29) is 29.7 Å². The molecule has 1 aliphatic rings. The van der Waals surface area contributed by atoms with Gasteiger partial charge in [-0.1, -0.05) is 0 Å². The summed E-state index contributed by atoms with van der Waals surface area (Å²) in [5, 5.41) is 0. The molecule has 1 saturated heterocycles. The predicted octanol–water partition coefficient (Wildman–Crippen LogP) is 1.91. The first-order valence-electron chi connectivity index (χ1n) is 6.64. The molecule has 0 radical (unpaired) electrons. The van der Waals surface area contributed by atoms with Crippen molar-refractivity contribution in [3.63, 3.8) is 0 Å². The number of benzene rings is 1. The molecular formula is C15H19FN2O2. The van der Waals surface area contributed by atoms with Gasteiger partial charge in [-0.2, -0.15) is 0 Å². The van der Waals surface area contributed by atoms with Crippen molar-refractivity contribution in [3.8, 4) is 0 Å². The van der Waals surface area contributed by atoms with Crippen LogP contribution < -0.4 is 0 Å². The highest BCUT2D eigenvalue weighted by Gasteiger charge is 2.33. The number of hydrogen-bond acceptors (Lipinski definition) is 2. The van der Waals surface area contributed by atoms with Gasteiger partial charge in [0.1, 0.15) is 12.4 Å². The van der Waals surface area contributed by atoms with Crippen molar-refractivity contribution in [1.29, 1.82) is 0 Å². The van der Waals surface area contributed by atoms with Gasteiger partial charge in [0.25, 0.3) is 5.91 Å². The number of halogens is 1. The maximum Gasteiger partial charge on any atom is 0.254 e. The zero-order chi connectivity index (χ0) is 14.9. The largest absolute Gasteiger partial charge is 0.335 e. The third-order valence-corrected chi connectivity index (χ3v) is 3.41.